The third-order valence-corrected chi connectivity index (χ3v) is 10.5. The van der Waals surface area contributed by atoms with Crippen molar-refractivity contribution in [3.63, 3.8) is 0 Å². The number of hydrogen-bond donors (Lipinski definition) is 0. The van der Waals surface area contributed by atoms with Crippen molar-refractivity contribution in [3.8, 4) is 0 Å². The molecule has 7 heteroatoms. The Morgan fingerprint density at radius 1 is 1.10 bits per heavy atom. The van der Waals surface area contributed by atoms with Gasteiger partial charge in [0.1, 0.15) is 7.79 Å². The lowest BCUT2D eigenvalue weighted by Gasteiger charge is -2.45. The third-order valence-electron chi connectivity index (χ3n) is 3.75. The lowest BCUT2D eigenvalue weighted by atomic mass is 10.5. The summed E-state index contributed by atoms with van der Waals surface area (Å²) < 4.78 is 12.7. The van der Waals surface area contributed by atoms with Gasteiger partial charge in [-0.1, -0.05) is 13.8 Å². The van der Waals surface area contributed by atoms with Gasteiger partial charge in [-0.15, -0.1) is 4.44 Å². The fourth-order valence-corrected chi connectivity index (χ4v) is 9.09. The van der Waals surface area contributed by atoms with Crippen LogP contribution in [0.2, 0.25) is 0 Å². The molecule has 0 bridgehead atoms. The van der Waals surface area contributed by atoms with Crippen LogP contribution in [0, 0.1) is 0 Å². The Bertz CT molecular complexity index is 278. The molecule has 0 N–H and O–H groups in total. The molecule has 0 aromatic carbocycles. The van der Waals surface area contributed by atoms with Crippen LogP contribution < -0.4 is 4.89 Å². The molecule has 20 heavy (non-hydrogen) atoms. The van der Waals surface area contributed by atoms with Crippen LogP contribution in [0.5, 0.6) is 0 Å². The fourth-order valence-electron chi connectivity index (χ4n) is 2.72. The summed E-state index contributed by atoms with van der Waals surface area (Å²) in [6.45, 7) is 15.7. The van der Waals surface area contributed by atoms with Gasteiger partial charge in [0.15, 0.2) is 0 Å². The Kier molecular flexibility index (Phi) is 8.37. The molecule has 1 heterocycles. The molecule has 0 saturated carbocycles. The number of hydrogen-bond acceptors (Lipinski definition) is 5. The first-order valence-corrected chi connectivity index (χ1v) is 10.8. The lowest BCUT2D eigenvalue weighted by Crippen LogP contribution is -2.40. The molecule has 0 aromatic rings. The Morgan fingerprint density at radius 3 is 2.15 bits per heavy atom. The molecule has 1 rings (SSSR count). The first-order valence-electron chi connectivity index (χ1n) is 7.89. The van der Waals surface area contributed by atoms with Gasteiger partial charge in [0.05, 0.1) is 12.8 Å². The third kappa shape index (κ3) is 3.89. The molecule has 2 atom stereocenters. The molecule has 120 valence electrons. The van der Waals surface area contributed by atoms with Crippen molar-refractivity contribution in [2.75, 3.05) is 45.5 Å². The summed E-state index contributed by atoms with van der Waals surface area (Å²) >= 11 is 0. The molecule has 1 aliphatic rings. The Balaban J connectivity index is 2.98. The maximum atomic E-state index is 13.5. The summed E-state index contributed by atoms with van der Waals surface area (Å²) in [5.41, 5.74) is 0. The highest BCUT2D eigenvalue weighted by Crippen LogP contribution is 2.71. The zero-order valence-electron chi connectivity index (χ0n) is 13.7. The minimum atomic E-state index is -2.43. The topological polar surface area (TPSA) is 42.0 Å². The highest BCUT2D eigenvalue weighted by atomic mass is 31.2. The predicted molar refractivity (Wildman–Crippen MR) is 87.5 cm³/mol. The standard InChI is InChI=1S/C13H31N3O2P2/c1-6-14(7-2)19(18-10-5)16-12-11-13-20(16,17)15(8-3)9-4/h6-13H2,1-5H3. The zero-order valence-corrected chi connectivity index (χ0v) is 15.5. The van der Waals surface area contributed by atoms with Crippen LogP contribution in [0.15, 0.2) is 0 Å². The van der Waals surface area contributed by atoms with E-state index in [1.54, 1.807) is 0 Å². The minimum Gasteiger partial charge on any atom is -0.650 e. The van der Waals surface area contributed by atoms with E-state index in [-0.39, 0.29) is 0 Å². The van der Waals surface area contributed by atoms with Crippen molar-refractivity contribution in [1.29, 1.82) is 0 Å². The number of rotatable bonds is 9. The highest BCUT2D eigenvalue weighted by molar-refractivity contribution is 7.73. The summed E-state index contributed by atoms with van der Waals surface area (Å²) in [7, 11) is -3.32. The van der Waals surface area contributed by atoms with Crippen molar-refractivity contribution in [1.82, 2.24) is 13.8 Å². The molecule has 0 radical (unpaired) electrons. The van der Waals surface area contributed by atoms with E-state index in [0.717, 1.165) is 45.3 Å². The van der Waals surface area contributed by atoms with Crippen molar-refractivity contribution in [2.24, 2.45) is 0 Å². The van der Waals surface area contributed by atoms with Crippen LogP contribution >= 0.6 is 16.2 Å². The summed E-state index contributed by atoms with van der Waals surface area (Å²) in [4.78, 5) is 13.5. The smallest absolute Gasteiger partial charge is 0.223 e. The Labute approximate surface area is 126 Å². The van der Waals surface area contributed by atoms with Crippen LogP contribution in [0.1, 0.15) is 41.0 Å². The van der Waals surface area contributed by atoms with Crippen molar-refractivity contribution >= 4 is 16.2 Å². The summed E-state index contributed by atoms with van der Waals surface area (Å²) in [6, 6.07) is 0. The van der Waals surface area contributed by atoms with Gasteiger partial charge in [0.25, 0.3) is 0 Å². The summed E-state index contributed by atoms with van der Waals surface area (Å²) in [5, 5.41) is 0. The average Bonchev–Trinajstić information content (AvgIpc) is 2.83. The largest absolute Gasteiger partial charge is 0.650 e. The second kappa shape index (κ2) is 8.95. The second-order valence-corrected chi connectivity index (χ2v) is 9.74. The average molecular weight is 323 g/mol. The van der Waals surface area contributed by atoms with Gasteiger partial charge in [0.2, 0.25) is 8.45 Å². The Morgan fingerprint density at radius 2 is 1.70 bits per heavy atom. The van der Waals surface area contributed by atoms with Gasteiger partial charge in [-0.3, -0.25) is 0 Å². The molecule has 5 nitrogen and oxygen atoms in total. The maximum absolute atomic E-state index is 13.5. The quantitative estimate of drug-likeness (QED) is 0.610. The summed E-state index contributed by atoms with van der Waals surface area (Å²) in [5.74, 6) is 0. The molecule has 0 spiro atoms. The van der Waals surface area contributed by atoms with Gasteiger partial charge in [-0.25, -0.2) is 4.67 Å². The van der Waals surface area contributed by atoms with Crippen LogP contribution in [0.3, 0.4) is 0 Å². The molecule has 1 fully saturated rings. The minimum absolute atomic E-state index is 0.678. The SMILES string of the molecule is CCOP(N(CC)CC)N1CCC[P+]1([O-])N(CC)CC. The van der Waals surface area contributed by atoms with E-state index in [2.05, 4.69) is 41.5 Å². The maximum Gasteiger partial charge on any atom is 0.223 e. The molecular formula is C13H31N3O2P2. The molecule has 2 unspecified atom stereocenters. The van der Waals surface area contributed by atoms with Crippen LogP contribution in [-0.4, -0.2) is 59.3 Å². The van der Waals surface area contributed by atoms with Crippen molar-refractivity contribution < 1.29 is 9.42 Å². The molecule has 0 aromatic heterocycles. The lowest BCUT2D eigenvalue weighted by molar-refractivity contribution is -0.188. The van der Waals surface area contributed by atoms with Crippen LogP contribution in [-0.2, 0) is 4.52 Å². The van der Waals surface area contributed by atoms with E-state index in [1.165, 1.54) is 0 Å². The molecule has 0 amide bonds. The second-order valence-electron chi connectivity index (χ2n) is 4.79. The van der Waals surface area contributed by atoms with Gasteiger partial charge in [0, 0.05) is 39.1 Å². The van der Waals surface area contributed by atoms with Crippen molar-refractivity contribution in [3.05, 3.63) is 0 Å². The van der Waals surface area contributed by atoms with E-state index in [1.807, 2.05) is 6.92 Å². The van der Waals surface area contributed by atoms with Crippen LogP contribution in [0.4, 0.5) is 0 Å². The highest BCUT2D eigenvalue weighted by Gasteiger charge is 2.50. The van der Waals surface area contributed by atoms with Gasteiger partial charge >= 0.3 is 0 Å². The van der Waals surface area contributed by atoms with Gasteiger partial charge in [-0.05, 0) is 20.8 Å². The molecule has 1 saturated heterocycles. The molecular weight excluding hydrogens is 292 g/mol. The van der Waals surface area contributed by atoms with E-state index < -0.39 is 16.2 Å². The first-order chi connectivity index (χ1) is 9.58. The number of nitrogens with zero attached hydrogens (tertiary/aromatic N) is 3. The molecule has 0 aliphatic carbocycles. The molecule has 1 aliphatic heterocycles. The van der Waals surface area contributed by atoms with Crippen molar-refractivity contribution in [2.45, 2.75) is 41.0 Å². The van der Waals surface area contributed by atoms with E-state index in [0.29, 0.717) is 6.61 Å². The van der Waals surface area contributed by atoms with Gasteiger partial charge in [-0.2, -0.15) is 4.67 Å². The summed E-state index contributed by atoms with van der Waals surface area (Å²) in [6.07, 6.45) is 1.82. The zero-order chi connectivity index (χ0) is 15.2. The Hall–Kier alpha value is 0.660. The normalized spacial score (nSPS) is 25.8. The fraction of sp³-hybridized carbons (Fsp3) is 1.00. The van der Waals surface area contributed by atoms with Crippen LogP contribution in [0.25, 0.3) is 0 Å². The predicted octanol–water partition coefficient (Wildman–Crippen LogP) is 2.76. The van der Waals surface area contributed by atoms with E-state index in [4.69, 9.17) is 4.52 Å². The first kappa shape index (κ1) is 18.7. The van der Waals surface area contributed by atoms with Gasteiger partial charge < -0.3 is 9.42 Å². The monoisotopic (exact) mass is 323 g/mol. The van der Waals surface area contributed by atoms with E-state index >= 15 is 0 Å². The van der Waals surface area contributed by atoms with E-state index in [9.17, 15) is 4.89 Å².